The van der Waals surface area contributed by atoms with E-state index in [1.165, 1.54) is 13.0 Å². The summed E-state index contributed by atoms with van der Waals surface area (Å²) in [5.74, 6) is -0.182. The van der Waals surface area contributed by atoms with Crippen LogP contribution in [0.4, 0.5) is 13.2 Å². The maximum atomic E-state index is 12.7. The summed E-state index contributed by atoms with van der Waals surface area (Å²) in [6.45, 7) is 2.09. The summed E-state index contributed by atoms with van der Waals surface area (Å²) in [4.78, 5) is 33.6. The molecule has 168 valence electrons. The Balaban J connectivity index is 0.00000141. The summed E-state index contributed by atoms with van der Waals surface area (Å²) in [5, 5.41) is 12.5. The zero-order valence-electron chi connectivity index (χ0n) is 17.0. The zero-order chi connectivity index (χ0) is 22.7. The van der Waals surface area contributed by atoms with E-state index in [9.17, 15) is 22.8 Å². The molecule has 10 heteroatoms. The van der Waals surface area contributed by atoms with Crippen LogP contribution in [0, 0.1) is 0 Å². The first kappa shape index (κ1) is 25.4. The van der Waals surface area contributed by atoms with E-state index >= 15 is 0 Å². The number of amides is 2. The molecule has 1 aromatic rings. The highest BCUT2D eigenvalue weighted by Gasteiger charge is 2.32. The standard InChI is InChI=1S/C19H26F3N3O2.CH2O2/c1-13(26)24-12-17-7-6-16(25(17)2)11-18(27)23-9-8-14-4-3-5-15(10-14)19(20,21)22;2-1-3/h3-5,10,16-17H,6-9,11-12H2,1-2H3,(H,23,27)(H,24,26);1H,(H,2,3)/t16-,17+;/m0./s1. The molecular weight excluding hydrogens is 403 g/mol. The van der Waals surface area contributed by atoms with E-state index in [1.807, 2.05) is 7.05 Å². The summed E-state index contributed by atoms with van der Waals surface area (Å²) in [7, 11) is 1.94. The highest BCUT2D eigenvalue weighted by Crippen LogP contribution is 2.29. The second kappa shape index (κ2) is 12.2. The lowest BCUT2D eigenvalue weighted by atomic mass is 10.1. The monoisotopic (exact) mass is 431 g/mol. The van der Waals surface area contributed by atoms with Gasteiger partial charge in [-0.3, -0.25) is 19.3 Å². The van der Waals surface area contributed by atoms with Gasteiger partial charge in [-0.1, -0.05) is 18.2 Å². The SMILES string of the molecule is CC(=O)NC[C@H]1CC[C@@H](CC(=O)NCCc2cccc(C(F)(F)F)c2)N1C.O=CO. The number of carbonyl (C=O) groups is 3. The van der Waals surface area contributed by atoms with Gasteiger partial charge in [-0.15, -0.1) is 0 Å². The number of halogens is 3. The second-order valence-electron chi connectivity index (χ2n) is 7.10. The number of alkyl halides is 3. The van der Waals surface area contributed by atoms with Crippen molar-refractivity contribution in [3.05, 3.63) is 35.4 Å². The lowest BCUT2D eigenvalue weighted by molar-refractivity contribution is -0.137. The molecule has 0 unspecified atom stereocenters. The molecule has 0 bridgehead atoms. The van der Waals surface area contributed by atoms with Crippen molar-refractivity contribution in [3.63, 3.8) is 0 Å². The Morgan fingerprint density at radius 2 is 1.87 bits per heavy atom. The van der Waals surface area contributed by atoms with E-state index in [4.69, 9.17) is 9.90 Å². The minimum absolute atomic E-state index is 0.0702. The minimum atomic E-state index is -4.36. The van der Waals surface area contributed by atoms with Crippen LogP contribution in [-0.4, -0.2) is 60.5 Å². The van der Waals surface area contributed by atoms with E-state index in [1.54, 1.807) is 6.07 Å². The van der Waals surface area contributed by atoms with E-state index in [0.717, 1.165) is 25.0 Å². The highest BCUT2D eigenvalue weighted by atomic mass is 19.4. The molecular formula is C20H28F3N3O4. The Morgan fingerprint density at radius 1 is 1.23 bits per heavy atom. The van der Waals surface area contributed by atoms with Gasteiger partial charge in [-0.25, -0.2) is 0 Å². The first-order valence-electron chi connectivity index (χ1n) is 9.55. The molecule has 1 heterocycles. The number of likely N-dealkylation sites (N-methyl/N-ethyl adjacent to an activating group) is 1. The number of hydrogen-bond acceptors (Lipinski definition) is 4. The lowest BCUT2D eigenvalue weighted by Crippen LogP contribution is -2.42. The molecule has 7 nitrogen and oxygen atoms in total. The van der Waals surface area contributed by atoms with Crippen molar-refractivity contribution >= 4 is 18.3 Å². The molecule has 30 heavy (non-hydrogen) atoms. The molecule has 0 saturated carbocycles. The Kier molecular flexibility index (Phi) is 10.3. The average Bonchev–Trinajstić information content (AvgIpc) is 3.00. The molecule has 1 aliphatic heterocycles. The van der Waals surface area contributed by atoms with Crippen molar-refractivity contribution in [3.8, 4) is 0 Å². The Hall–Kier alpha value is -2.62. The normalized spacial score (nSPS) is 18.8. The van der Waals surface area contributed by atoms with Gasteiger partial charge >= 0.3 is 6.18 Å². The largest absolute Gasteiger partial charge is 0.483 e. The van der Waals surface area contributed by atoms with Gasteiger partial charge in [0.05, 0.1) is 5.56 Å². The van der Waals surface area contributed by atoms with E-state index in [2.05, 4.69) is 15.5 Å². The molecule has 1 aromatic carbocycles. The van der Waals surface area contributed by atoms with Crippen molar-refractivity contribution in [2.24, 2.45) is 0 Å². The van der Waals surface area contributed by atoms with E-state index < -0.39 is 11.7 Å². The molecule has 0 spiro atoms. The maximum Gasteiger partial charge on any atom is 0.416 e. The fourth-order valence-corrected chi connectivity index (χ4v) is 3.38. The molecule has 2 rings (SSSR count). The fraction of sp³-hybridized carbons (Fsp3) is 0.550. The Labute approximate surface area is 173 Å². The van der Waals surface area contributed by atoms with Crippen LogP contribution in [0.5, 0.6) is 0 Å². The van der Waals surface area contributed by atoms with Crippen molar-refractivity contribution < 1.29 is 32.7 Å². The number of benzene rings is 1. The van der Waals surface area contributed by atoms with Gasteiger partial charge in [0, 0.05) is 38.5 Å². The predicted molar refractivity (Wildman–Crippen MR) is 105 cm³/mol. The van der Waals surface area contributed by atoms with Gasteiger partial charge in [0.1, 0.15) is 0 Å². The molecule has 1 aliphatic rings. The zero-order valence-corrected chi connectivity index (χ0v) is 17.0. The molecule has 0 aliphatic carbocycles. The second-order valence-corrected chi connectivity index (χ2v) is 7.10. The number of likely N-dealkylation sites (tertiary alicyclic amines) is 1. The summed E-state index contributed by atoms with van der Waals surface area (Å²) in [6.07, 6.45) is -1.88. The third-order valence-electron chi connectivity index (χ3n) is 4.98. The van der Waals surface area contributed by atoms with Gasteiger partial charge in [0.25, 0.3) is 6.47 Å². The van der Waals surface area contributed by atoms with Gasteiger partial charge in [0.2, 0.25) is 11.8 Å². The number of hydrogen-bond donors (Lipinski definition) is 3. The number of rotatable bonds is 7. The lowest BCUT2D eigenvalue weighted by Gasteiger charge is -2.25. The number of nitrogens with zero attached hydrogens (tertiary/aromatic N) is 1. The summed E-state index contributed by atoms with van der Waals surface area (Å²) in [5.41, 5.74) is -0.136. The summed E-state index contributed by atoms with van der Waals surface area (Å²) >= 11 is 0. The van der Waals surface area contributed by atoms with Gasteiger partial charge < -0.3 is 15.7 Å². The molecule has 1 saturated heterocycles. The van der Waals surface area contributed by atoms with Crippen molar-refractivity contribution in [1.82, 2.24) is 15.5 Å². The van der Waals surface area contributed by atoms with Crippen LogP contribution >= 0.6 is 0 Å². The predicted octanol–water partition coefficient (Wildman–Crippen LogP) is 2.05. The van der Waals surface area contributed by atoms with Gasteiger partial charge in [-0.2, -0.15) is 13.2 Å². The van der Waals surface area contributed by atoms with E-state index in [0.29, 0.717) is 31.5 Å². The fourth-order valence-electron chi connectivity index (χ4n) is 3.38. The van der Waals surface area contributed by atoms with Gasteiger partial charge in [-0.05, 0) is 37.9 Å². The van der Waals surface area contributed by atoms with Crippen LogP contribution in [0.3, 0.4) is 0 Å². The Morgan fingerprint density at radius 3 is 2.47 bits per heavy atom. The van der Waals surface area contributed by atoms with Crippen LogP contribution in [0.15, 0.2) is 24.3 Å². The first-order chi connectivity index (χ1) is 14.1. The number of carbonyl (C=O) groups excluding carboxylic acids is 2. The van der Waals surface area contributed by atoms with Crippen molar-refractivity contribution in [1.29, 1.82) is 0 Å². The minimum Gasteiger partial charge on any atom is -0.483 e. The molecule has 2 amide bonds. The quantitative estimate of drug-likeness (QED) is 0.574. The highest BCUT2D eigenvalue weighted by molar-refractivity contribution is 5.76. The number of carboxylic acid groups (broad SMARTS) is 1. The molecule has 2 atom stereocenters. The molecule has 1 fully saturated rings. The number of nitrogens with one attached hydrogen (secondary N) is 2. The summed E-state index contributed by atoms with van der Waals surface area (Å²) < 4.78 is 38.1. The first-order valence-corrected chi connectivity index (χ1v) is 9.55. The summed E-state index contributed by atoms with van der Waals surface area (Å²) in [6, 6.07) is 5.48. The molecule has 3 N–H and O–H groups in total. The van der Waals surface area contributed by atoms with Crippen LogP contribution < -0.4 is 10.6 Å². The van der Waals surface area contributed by atoms with Crippen LogP contribution in [0.2, 0.25) is 0 Å². The topological polar surface area (TPSA) is 98.7 Å². The Bertz CT molecular complexity index is 713. The third-order valence-corrected chi connectivity index (χ3v) is 4.98. The third kappa shape index (κ3) is 8.81. The van der Waals surface area contributed by atoms with Crippen LogP contribution in [-0.2, 0) is 27.0 Å². The van der Waals surface area contributed by atoms with Crippen LogP contribution in [0.25, 0.3) is 0 Å². The smallest absolute Gasteiger partial charge is 0.416 e. The van der Waals surface area contributed by atoms with E-state index in [-0.39, 0.29) is 30.4 Å². The average molecular weight is 431 g/mol. The van der Waals surface area contributed by atoms with Crippen LogP contribution in [0.1, 0.15) is 37.3 Å². The maximum absolute atomic E-state index is 12.7. The molecule has 0 radical (unpaired) electrons. The van der Waals surface area contributed by atoms with Crippen molar-refractivity contribution in [2.45, 2.75) is 50.9 Å². The van der Waals surface area contributed by atoms with Gasteiger partial charge in [0.15, 0.2) is 0 Å². The van der Waals surface area contributed by atoms with Crippen molar-refractivity contribution in [2.75, 3.05) is 20.1 Å². The molecule has 0 aromatic heterocycles.